The van der Waals surface area contributed by atoms with Crippen molar-refractivity contribution in [2.24, 2.45) is 52.3 Å². The second-order valence-electron chi connectivity index (χ2n) is 25.6. The van der Waals surface area contributed by atoms with Crippen molar-refractivity contribution in [1.29, 1.82) is 0 Å². The summed E-state index contributed by atoms with van der Waals surface area (Å²) in [7, 11) is 0. The van der Waals surface area contributed by atoms with Crippen LogP contribution >= 0.6 is 0 Å². The van der Waals surface area contributed by atoms with Gasteiger partial charge in [-0.15, -0.1) is 0 Å². The predicted molar refractivity (Wildman–Crippen MR) is 285 cm³/mol. The number of nitrogens with zero attached hydrogens (tertiary/aromatic N) is 8. The zero-order valence-electron chi connectivity index (χ0n) is 48.2. The number of oxazole rings is 1. The molecule has 0 N–H and O–H groups in total. The van der Waals surface area contributed by atoms with Gasteiger partial charge in [-0.1, -0.05) is 81.3 Å². The van der Waals surface area contributed by atoms with Crippen LogP contribution in [0.5, 0.6) is 0 Å². The second-order valence-corrected chi connectivity index (χ2v) is 25.6. The average molecular weight is 1030 g/mol. The molecule has 5 aliphatic rings. The maximum absolute atomic E-state index is 13.4. The molecule has 7 heterocycles. The fourth-order valence-corrected chi connectivity index (χ4v) is 10.9. The van der Waals surface area contributed by atoms with Crippen molar-refractivity contribution < 1.29 is 30.9 Å². The van der Waals surface area contributed by atoms with Crippen LogP contribution in [0.2, 0.25) is 0 Å². The number of rotatable bonds is 12. The maximum atomic E-state index is 13.4. The van der Waals surface area contributed by atoms with Gasteiger partial charge in [-0.3, -0.25) is 19.6 Å². The van der Waals surface area contributed by atoms with E-state index in [9.17, 15) is 22.0 Å². The van der Waals surface area contributed by atoms with Crippen LogP contribution in [0.1, 0.15) is 172 Å². The van der Waals surface area contributed by atoms with Gasteiger partial charge in [0.05, 0.1) is 25.8 Å². The van der Waals surface area contributed by atoms with Crippen LogP contribution in [-0.2, 0) is 13.1 Å². The van der Waals surface area contributed by atoms with Crippen LogP contribution in [-0.4, -0.2) is 149 Å². The van der Waals surface area contributed by atoms with Gasteiger partial charge in [-0.2, -0.15) is 4.98 Å². The zero-order valence-corrected chi connectivity index (χ0v) is 48.2. The number of piperidine rings is 5. The summed E-state index contributed by atoms with van der Waals surface area (Å²) in [6.07, 6.45) is 10.1. The molecule has 0 bridgehead atoms. The maximum Gasteiger partial charge on any atom is 0.251 e. The zero-order chi connectivity index (χ0) is 53.8. The Hall–Kier alpha value is -2.20. The Labute approximate surface area is 435 Å². The van der Waals surface area contributed by atoms with Crippen LogP contribution < -0.4 is 0 Å². The molecule has 7 rings (SSSR count). The lowest BCUT2D eigenvalue weighted by Gasteiger charge is -2.42. The van der Waals surface area contributed by atoms with E-state index in [1.54, 1.807) is 13.1 Å². The van der Waals surface area contributed by atoms with E-state index in [4.69, 9.17) is 8.94 Å². The smallest absolute Gasteiger partial charge is 0.251 e. The lowest BCUT2D eigenvalue weighted by molar-refractivity contribution is 0.0470. The first-order valence-electron chi connectivity index (χ1n) is 28.1. The minimum absolute atomic E-state index is 0.0448. The number of alkyl halides is 5. The normalized spacial score (nSPS) is 23.2. The summed E-state index contributed by atoms with van der Waals surface area (Å²) >= 11 is 0. The molecule has 10 nitrogen and oxygen atoms in total. The molecule has 420 valence electrons. The number of hydrogen-bond acceptors (Lipinski definition) is 10. The monoisotopic (exact) mass is 1030 g/mol. The molecular weight excluding hydrogens is 924 g/mol. The summed E-state index contributed by atoms with van der Waals surface area (Å²) in [6, 6.07) is 0. The fraction of sp³-hybridized carbons (Fsp3) is 0.912. The first-order chi connectivity index (χ1) is 33.7. The standard InChI is InChI=1S/C13H23N3O.C12H24FN.C11H21F2N.C11H22FN.C10H15FN2O/c1-10-14-12(17-15-10)9-16-7-5-11(6-8-16)13(2,3)4;1-10(2)11-5-7-14(8-6-11)12(3,4)9-13;1-11(2,3)9-4-6-14(7-5-9)8-10(12)13;1-9(2)11-4-6-13(7-5-11)8-10(3)12;1-8-2-3-13(6-10(8)11)5-9-4-12-7-14-9/h11H,5-9H2,1-4H3;10-11H,5-9H2,1-4H3;9-10H,4-8H2,1-3H3;9-11H,4-8H2,1-3H3;4,7-8,10H,2-3,5-6H2,1H3/t;;;;8-,10+/m....0/s1. The quantitative estimate of drug-likeness (QED) is 0.192. The molecule has 0 radical (unpaired) electrons. The first kappa shape index (κ1) is 64.1. The van der Waals surface area contributed by atoms with Crippen LogP contribution in [0.4, 0.5) is 22.0 Å². The number of hydrogen-bond donors (Lipinski definition) is 0. The van der Waals surface area contributed by atoms with Gasteiger partial charge in [0.1, 0.15) is 24.8 Å². The molecule has 5 saturated heterocycles. The van der Waals surface area contributed by atoms with Crippen LogP contribution in [0.25, 0.3) is 0 Å². The number of likely N-dealkylation sites (tertiary alicyclic amines) is 5. The predicted octanol–water partition coefficient (Wildman–Crippen LogP) is 13.3. The largest absolute Gasteiger partial charge is 0.447 e. The Morgan fingerprint density at radius 1 is 0.639 bits per heavy atom. The van der Waals surface area contributed by atoms with E-state index >= 15 is 0 Å². The summed E-state index contributed by atoms with van der Waals surface area (Å²) in [5.74, 6) is 7.30. The average Bonchev–Trinajstić information content (AvgIpc) is 3.99. The van der Waals surface area contributed by atoms with Gasteiger partial charge in [0, 0.05) is 18.6 Å². The molecule has 5 aliphatic heterocycles. The molecule has 0 spiro atoms. The van der Waals surface area contributed by atoms with Gasteiger partial charge in [-0.25, -0.2) is 26.9 Å². The molecule has 0 amide bonds. The Kier molecular flexibility index (Phi) is 27.7. The van der Waals surface area contributed by atoms with Crippen LogP contribution in [0, 0.1) is 59.2 Å². The summed E-state index contributed by atoms with van der Waals surface area (Å²) < 4.78 is 73.3. The topological polar surface area (TPSA) is 81.2 Å². The number of aryl methyl sites for hydroxylation is 1. The lowest BCUT2D eigenvalue weighted by Crippen LogP contribution is -2.50. The van der Waals surface area contributed by atoms with Crippen molar-refractivity contribution in [2.45, 2.75) is 199 Å². The number of aromatic nitrogens is 3. The van der Waals surface area contributed by atoms with Gasteiger partial charge in [0.15, 0.2) is 12.2 Å². The molecule has 1 unspecified atom stereocenters. The van der Waals surface area contributed by atoms with Crippen molar-refractivity contribution in [3.63, 3.8) is 0 Å². The molecule has 2 aromatic rings. The van der Waals surface area contributed by atoms with Crippen molar-refractivity contribution in [3.05, 3.63) is 30.1 Å². The highest BCUT2D eigenvalue weighted by molar-refractivity contribution is 4.91. The summed E-state index contributed by atoms with van der Waals surface area (Å²) in [5.41, 5.74) is 0.520. The Bertz CT molecular complexity index is 1670. The Morgan fingerprint density at radius 3 is 1.51 bits per heavy atom. The van der Waals surface area contributed by atoms with Gasteiger partial charge >= 0.3 is 0 Å². The number of halogens is 5. The van der Waals surface area contributed by atoms with E-state index in [-0.39, 0.29) is 24.7 Å². The van der Waals surface area contributed by atoms with E-state index < -0.39 is 18.8 Å². The van der Waals surface area contributed by atoms with E-state index in [2.05, 4.69) is 104 Å². The van der Waals surface area contributed by atoms with Crippen molar-refractivity contribution in [3.8, 4) is 0 Å². The molecule has 3 atom stereocenters. The molecule has 0 saturated carbocycles. The van der Waals surface area contributed by atoms with Crippen LogP contribution in [0.3, 0.4) is 0 Å². The van der Waals surface area contributed by atoms with E-state index in [0.717, 1.165) is 132 Å². The highest BCUT2D eigenvalue weighted by Gasteiger charge is 2.33. The van der Waals surface area contributed by atoms with E-state index in [0.29, 0.717) is 36.4 Å². The van der Waals surface area contributed by atoms with Crippen molar-refractivity contribution >= 4 is 0 Å². The third-order valence-electron chi connectivity index (χ3n) is 16.5. The molecule has 0 aromatic carbocycles. The lowest BCUT2D eigenvalue weighted by atomic mass is 9.75. The van der Waals surface area contributed by atoms with Gasteiger partial charge < -0.3 is 13.8 Å². The summed E-state index contributed by atoms with van der Waals surface area (Å²) in [4.78, 5) is 19.0. The highest BCUT2D eigenvalue weighted by atomic mass is 19.3. The Morgan fingerprint density at radius 2 is 1.11 bits per heavy atom. The molecule has 2 aromatic heterocycles. The van der Waals surface area contributed by atoms with Crippen LogP contribution in [0.15, 0.2) is 21.5 Å². The summed E-state index contributed by atoms with van der Waals surface area (Å²) in [6.45, 7) is 44.0. The summed E-state index contributed by atoms with van der Waals surface area (Å²) in [5, 5.41) is 3.82. The molecule has 15 heteroatoms. The van der Waals surface area contributed by atoms with Gasteiger partial charge in [-0.05, 0) is 197 Å². The Balaban J connectivity index is 0.000000238. The molecular formula is C57H105F5N8O2. The SMILES string of the molecule is CC(C)(C)C1CCN(CC(F)F)CC1.CC(C)C1CCN(C(C)(C)CF)CC1.CC(F)CN1CCC(C(C)C)CC1.C[C@H]1CCN(Cc2cnco2)C[C@H]1F.Cc1noc(CN2CCC(C(C)(C)C)CC2)n1. The van der Waals surface area contributed by atoms with Gasteiger partial charge in [0.2, 0.25) is 5.89 Å². The highest BCUT2D eigenvalue weighted by Crippen LogP contribution is 2.36. The third kappa shape index (κ3) is 24.2. The minimum atomic E-state index is -2.18. The molecule has 5 fully saturated rings. The van der Waals surface area contributed by atoms with E-state index in [1.165, 1.54) is 44.9 Å². The molecule has 0 aliphatic carbocycles. The van der Waals surface area contributed by atoms with Gasteiger partial charge in [0.25, 0.3) is 6.43 Å². The third-order valence-corrected chi connectivity index (χ3v) is 16.5. The van der Waals surface area contributed by atoms with Crippen molar-refractivity contribution in [1.82, 2.24) is 39.6 Å². The molecule has 72 heavy (non-hydrogen) atoms. The minimum Gasteiger partial charge on any atom is -0.447 e. The van der Waals surface area contributed by atoms with E-state index in [1.807, 2.05) is 32.6 Å². The fourth-order valence-electron chi connectivity index (χ4n) is 10.9. The second kappa shape index (κ2) is 31.1. The first-order valence-corrected chi connectivity index (χ1v) is 28.1. The van der Waals surface area contributed by atoms with Crippen molar-refractivity contribution in [2.75, 3.05) is 85.2 Å².